The molecule has 0 aliphatic heterocycles. The van der Waals surface area contributed by atoms with Crippen LogP contribution in [0.1, 0.15) is 245 Å². The molecule has 50 heavy (non-hydrogen) atoms. The van der Waals surface area contributed by atoms with Crippen LogP contribution in [0.5, 0.6) is 0 Å². The van der Waals surface area contributed by atoms with Gasteiger partial charge in [-0.2, -0.15) is 0 Å². The standard InChI is InChI=1S/C42H86NO6P/c1-3-5-7-9-11-13-15-16-17-18-19-20-21-22-23-24-25-26-28-30-32-34-36-38-42(45)43-40(39-49-50(46,47)48)41(44)37-35-33-31-29-27-14-12-10-8-6-4-2/h40-41,44H,3-39H2,1-2H3,(H,43,45)(H2,46,47,48)/t40-,41+/m0/s1. The lowest BCUT2D eigenvalue weighted by Crippen LogP contribution is -2.46. The van der Waals surface area contributed by atoms with Crippen molar-refractivity contribution >= 4 is 13.7 Å². The molecule has 0 heterocycles. The van der Waals surface area contributed by atoms with E-state index in [2.05, 4.69) is 23.7 Å². The highest BCUT2D eigenvalue weighted by atomic mass is 31.2. The molecule has 1 amide bonds. The molecule has 0 aromatic rings. The molecule has 300 valence electrons. The van der Waals surface area contributed by atoms with E-state index in [4.69, 9.17) is 9.79 Å². The Bertz CT molecular complexity index is 748. The second kappa shape index (κ2) is 38.3. The number of phosphoric acid groups is 1. The number of aliphatic hydroxyl groups excluding tert-OH is 1. The maximum atomic E-state index is 12.6. The number of amides is 1. The second-order valence-electron chi connectivity index (χ2n) is 15.4. The van der Waals surface area contributed by atoms with Crippen LogP contribution < -0.4 is 5.32 Å². The molecule has 0 rings (SSSR count). The van der Waals surface area contributed by atoms with Crippen molar-refractivity contribution in [3.05, 3.63) is 0 Å². The normalized spacial score (nSPS) is 13.1. The van der Waals surface area contributed by atoms with Crippen molar-refractivity contribution in [2.24, 2.45) is 0 Å². The summed E-state index contributed by atoms with van der Waals surface area (Å²) in [5, 5.41) is 13.5. The molecule has 0 saturated carbocycles. The van der Waals surface area contributed by atoms with Crippen LogP contribution in [-0.4, -0.2) is 39.6 Å². The van der Waals surface area contributed by atoms with Crippen LogP contribution in [-0.2, 0) is 13.9 Å². The quantitative estimate of drug-likeness (QED) is 0.0367. The Morgan fingerprint density at radius 2 is 0.780 bits per heavy atom. The minimum absolute atomic E-state index is 0.189. The maximum absolute atomic E-state index is 12.6. The minimum Gasteiger partial charge on any atom is -0.391 e. The first kappa shape index (κ1) is 49.5. The SMILES string of the molecule is CCCCCCCCCCCCCCCCCCCCCCCCCC(=O)N[C@@H](COP(=O)(O)O)[C@H](O)CCCCCCCCCCCCC. The van der Waals surface area contributed by atoms with E-state index in [1.54, 1.807) is 0 Å². The zero-order valence-corrected chi connectivity index (χ0v) is 34.2. The lowest BCUT2D eigenvalue weighted by atomic mass is 10.0. The zero-order chi connectivity index (χ0) is 36.8. The van der Waals surface area contributed by atoms with E-state index >= 15 is 0 Å². The van der Waals surface area contributed by atoms with Gasteiger partial charge in [0, 0.05) is 6.42 Å². The van der Waals surface area contributed by atoms with Gasteiger partial charge in [-0.05, 0) is 12.8 Å². The molecule has 4 N–H and O–H groups in total. The molecule has 0 unspecified atom stereocenters. The smallest absolute Gasteiger partial charge is 0.391 e. The number of rotatable bonds is 41. The summed E-state index contributed by atoms with van der Waals surface area (Å²) >= 11 is 0. The Morgan fingerprint density at radius 3 is 1.08 bits per heavy atom. The Hall–Kier alpha value is -0.460. The number of phosphoric ester groups is 1. The highest BCUT2D eigenvalue weighted by Crippen LogP contribution is 2.36. The van der Waals surface area contributed by atoms with Gasteiger partial charge in [0.1, 0.15) is 0 Å². The summed E-state index contributed by atoms with van der Waals surface area (Å²) in [5.74, 6) is -0.189. The molecule has 0 aliphatic rings. The fraction of sp³-hybridized carbons (Fsp3) is 0.976. The highest BCUT2D eigenvalue weighted by Gasteiger charge is 2.25. The van der Waals surface area contributed by atoms with Crippen molar-refractivity contribution < 1.29 is 28.8 Å². The van der Waals surface area contributed by atoms with E-state index in [9.17, 15) is 14.5 Å². The molecule has 0 saturated heterocycles. The Morgan fingerprint density at radius 1 is 0.500 bits per heavy atom. The van der Waals surface area contributed by atoms with Crippen molar-refractivity contribution in [2.75, 3.05) is 6.61 Å². The predicted molar refractivity (Wildman–Crippen MR) is 213 cm³/mol. The minimum atomic E-state index is -4.68. The van der Waals surface area contributed by atoms with E-state index in [0.29, 0.717) is 12.8 Å². The van der Waals surface area contributed by atoms with Crippen LogP contribution in [0.15, 0.2) is 0 Å². The van der Waals surface area contributed by atoms with E-state index in [0.717, 1.165) is 38.5 Å². The number of unbranched alkanes of at least 4 members (excludes halogenated alkanes) is 32. The molecule has 0 aliphatic carbocycles. The molecule has 0 aromatic heterocycles. The largest absolute Gasteiger partial charge is 0.469 e. The number of nitrogens with one attached hydrogen (secondary N) is 1. The fourth-order valence-electron chi connectivity index (χ4n) is 7.00. The van der Waals surface area contributed by atoms with Crippen LogP contribution in [0, 0.1) is 0 Å². The maximum Gasteiger partial charge on any atom is 0.469 e. The van der Waals surface area contributed by atoms with Gasteiger partial charge < -0.3 is 20.2 Å². The first-order valence-electron chi connectivity index (χ1n) is 22.0. The third-order valence-electron chi connectivity index (χ3n) is 10.3. The van der Waals surface area contributed by atoms with Gasteiger partial charge in [-0.25, -0.2) is 4.57 Å². The lowest BCUT2D eigenvalue weighted by Gasteiger charge is -2.24. The third kappa shape index (κ3) is 38.8. The number of carbonyl (C=O) groups excluding carboxylic acids is 1. The van der Waals surface area contributed by atoms with Gasteiger partial charge in [0.2, 0.25) is 5.91 Å². The van der Waals surface area contributed by atoms with E-state index in [1.165, 1.54) is 180 Å². The summed E-state index contributed by atoms with van der Waals surface area (Å²) in [6.45, 7) is 4.13. The number of hydrogen-bond acceptors (Lipinski definition) is 4. The summed E-state index contributed by atoms with van der Waals surface area (Å²) in [4.78, 5) is 30.9. The third-order valence-corrected chi connectivity index (χ3v) is 10.8. The van der Waals surface area contributed by atoms with Crippen molar-refractivity contribution in [1.82, 2.24) is 5.32 Å². The average molecular weight is 732 g/mol. The van der Waals surface area contributed by atoms with Gasteiger partial charge in [-0.15, -0.1) is 0 Å². The molecular formula is C42H86NO6P. The molecule has 8 heteroatoms. The predicted octanol–water partition coefficient (Wildman–Crippen LogP) is 13.0. The average Bonchev–Trinajstić information content (AvgIpc) is 3.08. The van der Waals surface area contributed by atoms with Crippen molar-refractivity contribution in [3.8, 4) is 0 Å². The van der Waals surface area contributed by atoms with Crippen LogP contribution in [0.3, 0.4) is 0 Å². The molecular weight excluding hydrogens is 645 g/mol. The van der Waals surface area contributed by atoms with Gasteiger partial charge in [0.15, 0.2) is 0 Å². The van der Waals surface area contributed by atoms with Crippen LogP contribution >= 0.6 is 7.82 Å². The summed E-state index contributed by atoms with van der Waals surface area (Å²) < 4.78 is 15.9. The first-order chi connectivity index (χ1) is 24.3. The van der Waals surface area contributed by atoms with Crippen LogP contribution in [0.25, 0.3) is 0 Å². The highest BCUT2D eigenvalue weighted by molar-refractivity contribution is 7.46. The Kier molecular flexibility index (Phi) is 37.9. The monoisotopic (exact) mass is 732 g/mol. The molecule has 0 radical (unpaired) electrons. The van der Waals surface area contributed by atoms with E-state index in [-0.39, 0.29) is 5.91 Å². The van der Waals surface area contributed by atoms with Crippen LogP contribution in [0.2, 0.25) is 0 Å². The molecule has 0 spiro atoms. The van der Waals surface area contributed by atoms with Crippen molar-refractivity contribution in [3.63, 3.8) is 0 Å². The van der Waals surface area contributed by atoms with Crippen LogP contribution in [0.4, 0.5) is 0 Å². The Balaban J connectivity index is 3.75. The molecule has 0 fully saturated rings. The van der Waals surface area contributed by atoms with Gasteiger partial charge in [0.05, 0.1) is 18.8 Å². The summed E-state index contributed by atoms with van der Waals surface area (Å²) in [7, 11) is -4.68. The molecule has 2 atom stereocenters. The topological polar surface area (TPSA) is 116 Å². The van der Waals surface area contributed by atoms with Gasteiger partial charge in [-0.3, -0.25) is 9.32 Å². The molecule has 0 bridgehead atoms. The van der Waals surface area contributed by atoms with Gasteiger partial charge in [-0.1, -0.05) is 226 Å². The zero-order valence-electron chi connectivity index (χ0n) is 33.3. The molecule has 0 aromatic carbocycles. The molecule has 7 nitrogen and oxygen atoms in total. The second-order valence-corrected chi connectivity index (χ2v) is 16.6. The lowest BCUT2D eigenvalue weighted by molar-refractivity contribution is -0.123. The van der Waals surface area contributed by atoms with E-state index in [1.807, 2.05) is 0 Å². The number of hydrogen-bond donors (Lipinski definition) is 4. The van der Waals surface area contributed by atoms with E-state index < -0.39 is 26.6 Å². The summed E-state index contributed by atoms with van der Waals surface area (Å²) in [5.41, 5.74) is 0. The Labute approximate surface area is 310 Å². The van der Waals surface area contributed by atoms with Crippen molar-refractivity contribution in [2.45, 2.75) is 257 Å². The first-order valence-corrected chi connectivity index (χ1v) is 23.5. The number of carbonyl (C=O) groups is 1. The van der Waals surface area contributed by atoms with Crippen molar-refractivity contribution in [1.29, 1.82) is 0 Å². The van der Waals surface area contributed by atoms with Gasteiger partial charge >= 0.3 is 7.82 Å². The summed E-state index contributed by atoms with van der Waals surface area (Å²) in [6.07, 6.45) is 43.9. The fourth-order valence-corrected chi connectivity index (χ4v) is 7.35. The number of aliphatic hydroxyl groups is 1. The van der Waals surface area contributed by atoms with Gasteiger partial charge in [0.25, 0.3) is 0 Å². The summed E-state index contributed by atoms with van der Waals surface area (Å²) in [6, 6.07) is -0.817.